The Morgan fingerprint density at radius 1 is 0.800 bits per heavy atom. The minimum absolute atomic E-state index is 0.00963. The fourth-order valence-corrected chi connectivity index (χ4v) is 3.71. The summed E-state index contributed by atoms with van der Waals surface area (Å²) >= 11 is 0. The quantitative estimate of drug-likeness (QED) is 0.449. The van der Waals surface area contributed by atoms with Gasteiger partial charge in [0, 0.05) is 27.7 Å². The number of esters is 4. The van der Waals surface area contributed by atoms with Crippen molar-refractivity contribution in [1.82, 2.24) is 0 Å². The molecule has 0 aliphatic carbocycles. The summed E-state index contributed by atoms with van der Waals surface area (Å²) in [6, 6.07) is 10.2. The minimum Gasteiger partial charge on any atom is -0.504 e. The molecule has 0 saturated carbocycles. The van der Waals surface area contributed by atoms with Crippen molar-refractivity contribution in [1.29, 1.82) is 0 Å². The van der Waals surface area contributed by atoms with Gasteiger partial charge >= 0.3 is 23.9 Å². The molecule has 1 fully saturated rings. The van der Waals surface area contributed by atoms with Gasteiger partial charge in [-0.25, -0.2) is 0 Å². The number of ether oxygens (including phenoxy) is 6. The van der Waals surface area contributed by atoms with Crippen LogP contribution >= 0.6 is 0 Å². The van der Waals surface area contributed by atoms with E-state index in [2.05, 4.69) is 0 Å². The molecule has 1 aliphatic heterocycles. The molecule has 0 spiro atoms. The molecule has 0 aromatic heterocycles. The summed E-state index contributed by atoms with van der Waals surface area (Å²) in [5.41, 5.74) is 0. The lowest BCUT2D eigenvalue weighted by Gasteiger charge is -2.43. The van der Waals surface area contributed by atoms with Crippen molar-refractivity contribution in [2.24, 2.45) is 0 Å². The predicted octanol–water partition coefficient (Wildman–Crippen LogP) is 2.01. The molecule has 0 radical (unpaired) electrons. The van der Waals surface area contributed by atoms with Crippen LogP contribution in [-0.2, 0) is 42.9 Å². The topological polar surface area (TPSA) is 144 Å². The van der Waals surface area contributed by atoms with Crippen LogP contribution in [0.15, 0.2) is 36.4 Å². The van der Waals surface area contributed by atoms with Gasteiger partial charge in [0.05, 0.1) is 0 Å². The Morgan fingerprint density at radius 2 is 1.34 bits per heavy atom. The van der Waals surface area contributed by atoms with Crippen LogP contribution < -0.4 is 4.74 Å². The Bertz CT molecular complexity index is 1110. The van der Waals surface area contributed by atoms with Crippen LogP contribution in [-0.4, -0.2) is 66.3 Å². The van der Waals surface area contributed by atoms with Crippen LogP contribution in [0.3, 0.4) is 0 Å². The van der Waals surface area contributed by atoms with E-state index in [1.165, 1.54) is 13.0 Å². The first-order valence-electron chi connectivity index (χ1n) is 10.7. The number of rotatable bonds is 7. The Hall–Kier alpha value is -3.86. The molecule has 11 nitrogen and oxygen atoms in total. The zero-order chi connectivity index (χ0) is 25.7. The van der Waals surface area contributed by atoms with Gasteiger partial charge in [0.25, 0.3) is 0 Å². The lowest BCUT2D eigenvalue weighted by molar-refractivity contribution is -0.288. The molecular weight excluding hydrogens is 464 g/mol. The molecule has 0 amide bonds. The van der Waals surface area contributed by atoms with Gasteiger partial charge in [-0.15, -0.1) is 0 Å². The second kappa shape index (κ2) is 11.0. The molecule has 11 heteroatoms. The van der Waals surface area contributed by atoms with Crippen molar-refractivity contribution in [3.05, 3.63) is 36.4 Å². The van der Waals surface area contributed by atoms with Crippen LogP contribution in [0.5, 0.6) is 11.5 Å². The molecule has 1 saturated heterocycles. The summed E-state index contributed by atoms with van der Waals surface area (Å²) in [5.74, 6) is -3.12. The SMILES string of the molecule is CC(=O)OC[C@H]1O[C@@H](Oc2cc3ccccc3cc2O)[C@H](OC(C)=O)[C@@H](OC(C)=O)[C@@H]1OC(C)=O. The van der Waals surface area contributed by atoms with Crippen LogP contribution in [0.25, 0.3) is 10.8 Å². The first kappa shape index (κ1) is 25.8. The van der Waals surface area contributed by atoms with Crippen molar-refractivity contribution in [2.45, 2.75) is 58.4 Å². The van der Waals surface area contributed by atoms with Gasteiger partial charge in [-0.1, -0.05) is 24.3 Å². The lowest BCUT2D eigenvalue weighted by Crippen LogP contribution is -2.63. The first-order valence-corrected chi connectivity index (χ1v) is 10.7. The van der Waals surface area contributed by atoms with Gasteiger partial charge in [-0.05, 0) is 22.9 Å². The van der Waals surface area contributed by atoms with Crippen molar-refractivity contribution in [2.75, 3.05) is 6.61 Å². The molecule has 188 valence electrons. The number of aromatic hydroxyl groups is 1. The number of hydrogen-bond donors (Lipinski definition) is 1. The highest BCUT2D eigenvalue weighted by Gasteiger charge is 2.53. The maximum Gasteiger partial charge on any atom is 0.303 e. The molecule has 1 aliphatic rings. The summed E-state index contributed by atoms with van der Waals surface area (Å²) < 4.78 is 32.8. The van der Waals surface area contributed by atoms with E-state index >= 15 is 0 Å². The molecule has 1 N–H and O–H groups in total. The highest BCUT2D eigenvalue weighted by molar-refractivity contribution is 5.85. The molecule has 35 heavy (non-hydrogen) atoms. The first-order chi connectivity index (χ1) is 16.5. The Labute approximate surface area is 200 Å². The fourth-order valence-electron chi connectivity index (χ4n) is 3.71. The number of fused-ring (bicyclic) bond motifs is 1. The zero-order valence-corrected chi connectivity index (χ0v) is 19.6. The van der Waals surface area contributed by atoms with Crippen molar-refractivity contribution in [3.8, 4) is 11.5 Å². The van der Waals surface area contributed by atoms with Crippen LogP contribution in [0.1, 0.15) is 27.7 Å². The summed E-state index contributed by atoms with van der Waals surface area (Å²) in [6.45, 7) is 4.17. The second-order valence-electron chi connectivity index (χ2n) is 7.85. The van der Waals surface area contributed by atoms with Crippen molar-refractivity contribution < 1.29 is 52.7 Å². The van der Waals surface area contributed by atoms with E-state index in [1.807, 2.05) is 6.07 Å². The average molecular weight is 490 g/mol. The second-order valence-corrected chi connectivity index (χ2v) is 7.85. The number of carbonyl (C=O) groups is 4. The summed E-state index contributed by atoms with van der Waals surface area (Å²) in [5, 5.41) is 12.0. The molecule has 2 aromatic carbocycles. The fraction of sp³-hybridized carbons (Fsp3) is 0.417. The predicted molar refractivity (Wildman–Crippen MR) is 118 cm³/mol. The highest BCUT2D eigenvalue weighted by atomic mass is 16.7. The van der Waals surface area contributed by atoms with E-state index in [-0.39, 0.29) is 18.1 Å². The smallest absolute Gasteiger partial charge is 0.303 e. The van der Waals surface area contributed by atoms with Crippen molar-refractivity contribution in [3.63, 3.8) is 0 Å². The molecule has 2 aromatic rings. The van der Waals surface area contributed by atoms with E-state index in [1.54, 1.807) is 24.3 Å². The third-order valence-corrected chi connectivity index (χ3v) is 5.02. The standard InChI is InChI=1S/C24H26O11/c1-12(25)30-11-20-21(31-13(2)26)22(32-14(3)27)23(33-15(4)28)24(35-20)34-19-10-17-8-6-5-7-16(17)9-18(19)29/h5-10,20-24,29H,11H2,1-4H3/t20-,21-,22+,23-,24-/m1/s1. The van der Waals surface area contributed by atoms with Crippen LogP contribution in [0.2, 0.25) is 0 Å². The van der Waals surface area contributed by atoms with E-state index < -0.39 is 54.6 Å². The van der Waals surface area contributed by atoms with E-state index in [9.17, 15) is 24.3 Å². The number of phenolic OH excluding ortho intramolecular Hbond substituents is 1. The maximum absolute atomic E-state index is 11.9. The average Bonchev–Trinajstić information content (AvgIpc) is 2.76. The van der Waals surface area contributed by atoms with Crippen LogP contribution in [0.4, 0.5) is 0 Å². The van der Waals surface area contributed by atoms with E-state index in [0.29, 0.717) is 0 Å². The Morgan fingerprint density at radius 3 is 1.91 bits per heavy atom. The maximum atomic E-state index is 11.9. The number of phenols is 1. The number of hydrogen-bond acceptors (Lipinski definition) is 11. The summed E-state index contributed by atoms with van der Waals surface area (Å²) in [7, 11) is 0. The minimum atomic E-state index is -1.44. The third-order valence-electron chi connectivity index (χ3n) is 5.02. The molecular formula is C24H26O11. The van der Waals surface area contributed by atoms with Gasteiger partial charge in [-0.2, -0.15) is 0 Å². The molecule has 0 unspecified atom stereocenters. The molecule has 0 bridgehead atoms. The zero-order valence-electron chi connectivity index (χ0n) is 19.6. The number of benzene rings is 2. The molecule has 1 heterocycles. The monoisotopic (exact) mass is 490 g/mol. The van der Waals surface area contributed by atoms with E-state index in [0.717, 1.165) is 31.5 Å². The molecule has 3 rings (SSSR count). The van der Waals surface area contributed by atoms with Gasteiger partial charge in [0.2, 0.25) is 12.4 Å². The summed E-state index contributed by atoms with van der Waals surface area (Å²) in [6.07, 6.45) is -6.68. The van der Waals surface area contributed by atoms with Gasteiger partial charge < -0.3 is 33.5 Å². The number of carbonyl (C=O) groups excluding carboxylic acids is 4. The Kier molecular flexibility index (Phi) is 8.13. The largest absolute Gasteiger partial charge is 0.504 e. The Balaban J connectivity index is 2.03. The van der Waals surface area contributed by atoms with Crippen LogP contribution in [0, 0.1) is 0 Å². The van der Waals surface area contributed by atoms with Gasteiger partial charge in [0.15, 0.2) is 23.7 Å². The van der Waals surface area contributed by atoms with Crippen molar-refractivity contribution >= 4 is 34.6 Å². The van der Waals surface area contributed by atoms with Gasteiger partial charge in [-0.3, -0.25) is 19.2 Å². The molecule has 5 atom stereocenters. The third kappa shape index (κ3) is 6.60. The lowest BCUT2D eigenvalue weighted by atomic mass is 9.98. The summed E-state index contributed by atoms with van der Waals surface area (Å²) in [4.78, 5) is 47.0. The normalized spacial score (nSPS) is 23.7. The van der Waals surface area contributed by atoms with E-state index in [4.69, 9.17) is 28.4 Å². The van der Waals surface area contributed by atoms with Gasteiger partial charge in [0.1, 0.15) is 12.7 Å². The highest BCUT2D eigenvalue weighted by Crippen LogP contribution is 2.36.